The van der Waals surface area contributed by atoms with Crippen LogP contribution in [-0.4, -0.2) is 59.6 Å². The molecule has 1 unspecified atom stereocenters. The third-order valence-corrected chi connectivity index (χ3v) is 6.10. The van der Waals surface area contributed by atoms with E-state index in [1.807, 2.05) is 0 Å². The molecular formula is C26H30ClFN6O3. The van der Waals surface area contributed by atoms with Crippen molar-refractivity contribution in [2.24, 2.45) is 0 Å². The molecule has 0 spiro atoms. The number of nitrogens with zero attached hydrogens (tertiary/aromatic N) is 3. The van der Waals surface area contributed by atoms with Crippen LogP contribution in [0.15, 0.2) is 55.4 Å². The zero-order valence-corrected chi connectivity index (χ0v) is 21.3. The lowest BCUT2D eigenvalue weighted by Crippen LogP contribution is -2.25. The number of aliphatic hydroxyl groups is 1. The smallest absolute Gasteiger partial charge is 0.146 e. The predicted molar refractivity (Wildman–Crippen MR) is 144 cm³/mol. The maximum absolute atomic E-state index is 13.5. The van der Waals surface area contributed by atoms with Gasteiger partial charge >= 0.3 is 0 Å². The van der Waals surface area contributed by atoms with Gasteiger partial charge in [-0.2, -0.15) is 0 Å². The van der Waals surface area contributed by atoms with Crippen LogP contribution in [0, 0.1) is 5.82 Å². The molecule has 4 N–H and O–H groups in total. The first-order chi connectivity index (χ1) is 17.9. The number of hydrogen-bond acceptors (Lipinski definition) is 9. The summed E-state index contributed by atoms with van der Waals surface area (Å²) in [5, 5.41) is 19.4. The Kier molecular flexibility index (Phi) is 8.99. The summed E-state index contributed by atoms with van der Waals surface area (Å²) in [6.45, 7) is 7.12. The van der Waals surface area contributed by atoms with Gasteiger partial charge in [-0.1, -0.05) is 18.2 Å². The molecule has 0 saturated carbocycles. The minimum absolute atomic E-state index is 0.00613. The van der Waals surface area contributed by atoms with E-state index in [9.17, 15) is 9.50 Å². The highest BCUT2D eigenvalue weighted by atomic mass is 35.5. The molecule has 11 heteroatoms. The first kappa shape index (κ1) is 26.5. The quantitative estimate of drug-likeness (QED) is 0.187. The summed E-state index contributed by atoms with van der Waals surface area (Å²) in [7, 11) is 1.56. The van der Waals surface area contributed by atoms with E-state index in [0.717, 1.165) is 19.6 Å². The lowest BCUT2D eigenvalue weighted by molar-refractivity contribution is 0.234. The molecule has 1 atom stereocenters. The number of benzene rings is 2. The number of ether oxygens (including phenoxy) is 2. The van der Waals surface area contributed by atoms with Gasteiger partial charge in [0.2, 0.25) is 0 Å². The number of methoxy groups -OCH3 is 1. The Morgan fingerprint density at radius 1 is 1.11 bits per heavy atom. The number of hydrogen-bond donors (Lipinski definition) is 4. The molecule has 9 nitrogen and oxygen atoms in total. The van der Waals surface area contributed by atoms with E-state index in [-0.39, 0.29) is 5.02 Å². The highest BCUT2D eigenvalue weighted by Crippen LogP contribution is 2.38. The SMILES string of the molecule is C=CC(O)Nc1cc(Nc2cc(Nc3ccc(F)c(Cl)c3)ncn2)c(OC)cc1OCCN1CCCC1. The third kappa shape index (κ3) is 7.22. The van der Waals surface area contributed by atoms with E-state index in [2.05, 4.69) is 37.4 Å². The van der Waals surface area contributed by atoms with Crippen molar-refractivity contribution in [2.75, 3.05) is 49.3 Å². The lowest BCUT2D eigenvalue weighted by atomic mass is 10.2. The molecular weight excluding hydrogens is 499 g/mol. The Morgan fingerprint density at radius 3 is 2.57 bits per heavy atom. The van der Waals surface area contributed by atoms with Gasteiger partial charge < -0.3 is 30.5 Å². The van der Waals surface area contributed by atoms with Crippen LogP contribution in [0.4, 0.5) is 33.1 Å². The Hall–Kier alpha value is -3.60. The number of likely N-dealkylation sites (tertiary alicyclic amines) is 1. The van der Waals surface area contributed by atoms with Crippen molar-refractivity contribution in [2.45, 2.75) is 19.1 Å². The normalized spacial score (nSPS) is 14.2. The van der Waals surface area contributed by atoms with Gasteiger partial charge in [0.25, 0.3) is 0 Å². The average Bonchev–Trinajstić information content (AvgIpc) is 3.41. The second-order valence-electron chi connectivity index (χ2n) is 8.44. The van der Waals surface area contributed by atoms with Crippen molar-refractivity contribution in [3.63, 3.8) is 0 Å². The van der Waals surface area contributed by atoms with Crippen molar-refractivity contribution in [3.8, 4) is 11.5 Å². The van der Waals surface area contributed by atoms with E-state index in [1.165, 1.54) is 37.4 Å². The molecule has 196 valence electrons. The Bertz CT molecular complexity index is 1220. The molecule has 4 rings (SSSR count). The molecule has 1 fully saturated rings. The second-order valence-corrected chi connectivity index (χ2v) is 8.85. The highest BCUT2D eigenvalue weighted by Gasteiger charge is 2.16. The average molecular weight is 529 g/mol. The number of rotatable bonds is 12. The molecule has 1 aromatic heterocycles. The monoisotopic (exact) mass is 528 g/mol. The first-order valence-electron chi connectivity index (χ1n) is 11.9. The molecule has 1 aliphatic heterocycles. The lowest BCUT2D eigenvalue weighted by Gasteiger charge is -2.21. The van der Waals surface area contributed by atoms with Crippen molar-refractivity contribution in [1.29, 1.82) is 0 Å². The minimum atomic E-state index is -0.973. The Balaban J connectivity index is 1.53. The molecule has 0 radical (unpaired) electrons. The fraction of sp³-hybridized carbons (Fsp3) is 0.308. The van der Waals surface area contributed by atoms with Crippen LogP contribution >= 0.6 is 11.6 Å². The number of aliphatic hydroxyl groups excluding tert-OH is 1. The van der Waals surface area contributed by atoms with Gasteiger partial charge in [0.15, 0.2) is 0 Å². The summed E-state index contributed by atoms with van der Waals surface area (Å²) in [5.41, 5.74) is 1.72. The largest absolute Gasteiger partial charge is 0.494 e. The van der Waals surface area contributed by atoms with Crippen LogP contribution in [0.3, 0.4) is 0 Å². The summed E-state index contributed by atoms with van der Waals surface area (Å²) < 4.78 is 25.1. The van der Waals surface area contributed by atoms with Gasteiger partial charge in [-0.15, -0.1) is 0 Å². The molecule has 2 aromatic carbocycles. The molecule has 1 saturated heterocycles. The van der Waals surface area contributed by atoms with Crippen LogP contribution < -0.4 is 25.4 Å². The predicted octanol–water partition coefficient (Wildman–Crippen LogP) is 5.16. The molecule has 0 bridgehead atoms. The van der Waals surface area contributed by atoms with Crippen molar-refractivity contribution in [3.05, 3.63) is 66.2 Å². The van der Waals surface area contributed by atoms with E-state index in [1.54, 1.807) is 31.4 Å². The first-order valence-corrected chi connectivity index (χ1v) is 12.3. The maximum atomic E-state index is 13.5. The zero-order valence-electron chi connectivity index (χ0n) is 20.5. The molecule has 0 amide bonds. The summed E-state index contributed by atoms with van der Waals surface area (Å²) in [6.07, 6.45) is 4.22. The standard InChI is InChI=1S/C26H30ClFN6O3/c1-3-26(35)33-21-13-20(22(36-2)14-23(21)37-11-10-34-8-4-5-9-34)32-25-15-24(29-16-30-25)31-17-6-7-19(28)18(27)12-17/h3,6-7,12-16,26,33,35H,1,4-5,8-11H2,2H3,(H2,29,30,31,32). The van der Waals surface area contributed by atoms with E-state index in [0.29, 0.717) is 46.8 Å². The maximum Gasteiger partial charge on any atom is 0.146 e. The Morgan fingerprint density at radius 2 is 1.86 bits per heavy atom. The Labute approximate surface area is 220 Å². The van der Waals surface area contributed by atoms with E-state index >= 15 is 0 Å². The van der Waals surface area contributed by atoms with Gasteiger partial charge in [0.05, 0.1) is 23.5 Å². The topological polar surface area (TPSA) is 104 Å². The number of anilines is 5. The third-order valence-electron chi connectivity index (χ3n) is 5.81. The van der Waals surface area contributed by atoms with Gasteiger partial charge in [0, 0.05) is 24.4 Å². The number of halogens is 2. The van der Waals surface area contributed by atoms with E-state index < -0.39 is 12.0 Å². The number of nitrogens with one attached hydrogen (secondary N) is 3. The zero-order chi connectivity index (χ0) is 26.2. The summed E-state index contributed by atoms with van der Waals surface area (Å²) in [4.78, 5) is 10.8. The van der Waals surface area contributed by atoms with Gasteiger partial charge in [-0.3, -0.25) is 4.90 Å². The summed E-state index contributed by atoms with van der Waals surface area (Å²) >= 11 is 5.87. The van der Waals surface area contributed by atoms with Gasteiger partial charge in [-0.05, 0) is 56.3 Å². The van der Waals surface area contributed by atoms with Crippen LogP contribution in [0.2, 0.25) is 5.02 Å². The van der Waals surface area contributed by atoms with Crippen LogP contribution in [0.5, 0.6) is 11.5 Å². The van der Waals surface area contributed by atoms with Crippen LogP contribution in [0.1, 0.15) is 12.8 Å². The summed E-state index contributed by atoms with van der Waals surface area (Å²) in [6, 6.07) is 9.52. The van der Waals surface area contributed by atoms with Crippen LogP contribution in [-0.2, 0) is 0 Å². The fourth-order valence-corrected chi connectivity index (χ4v) is 4.10. The number of aromatic nitrogens is 2. The fourth-order valence-electron chi connectivity index (χ4n) is 3.92. The van der Waals surface area contributed by atoms with Crippen molar-refractivity contribution >= 4 is 40.3 Å². The summed E-state index contributed by atoms with van der Waals surface area (Å²) in [5.74, 6) is 1.51. The highest BCUT2D eigenvalue weighted by molar-refractivity contribution is 6.31. The molecule has 37 heavy (non-hydrogen) atoms. The minimum Gasteiger partial charge on any atom is -0.494 e. The molecule has 2 heterocycles. The van der Waals surface area contributed by atoms with Crippen LogP contribution in [0.25, 0.3) is 0 Å². The second kappa shape index (κ2) is 12.6. The van der Waals surface area contributed by atoms with Crippen molar-refractivity contribution < 1.29 is 19.0 Å². The molecule has 1 aliphatic rings. The van der Waals surface area contributed by atoms with Crippen molar-refractivity contribution in [1.82, 2.24) is 14.9 Å². The van der Waals surface area contributed by atoms with Gasteiger partial charge in [-0.25, -0.2) is 14.4 Å². The molecule has 0 aliphatic carbocycles. The van der Waals surface area contributed by atoms with E-state index in [4.69, 9.17) is 21.1 Å². The molecule has 3 aromatic rings. The van der Waals surface area contributed by atoms with Gasteiger partial charge in [0.1, 0.15) is 48.1 Å².